The van der Waals surface area contributed by atoms with Gasteiger partial charge >= 0.3 is 0 Å². The summed E-state index contributed by atoms with van der Waals surface area (Å²) < 4.78 is 5.68. The second-order valence-corrected chi connectivity index (χ2v) is 5.19. The number of rotatable bonds is 3. The van der Waals surface area contributed by atoms with Gasteiger partial charge in [-0.2, -0.15) is 0 Å². The first kappa shape index (κ1) is 14.9. The van der Waals surface area contributed by atoms with Crippen LogP contribution in [0.15, 0.2) is 60.2 Å². The quantitative estimate of drug-likeness (QED) is 0.517. The van der Waals surface area contributed by atoms with Crippen LogP contribution in [0.25, 0.3) is 6.08 Å². The number of thiocarbonyl (C=S) groups is 1. The summed E-state index contributed by atoms with van der Waals surface area (Å²) in [6.07, 6.45) is 1.50. The van der Waals surface area contributed by atoms with Crippen molar-refractivity contribution in [2.75, 3.05) is 0 Å². The fourth-order valence-corrected chi connectivity index (χ4v) is 2.22. The lowest BCUT2D eigenvalue weighted by atomic mass is 10.1. The standard InChI is InChI=1S/C17H12N2O3S/c20-15-14(16(21)19-17(23)18-15)10-11-6-8-13(9-7-11)22-12-4-2-1-3-5-12/h1-10H,(H2,18,19,20,21,23). The summed E-state index contributed by atoms with van der Waals surface area (Å²) >= 11 is 4.75. The maximum Gasteiger partial charge on any atom is 0.263 e. The van der Waals surface area contributed by atoms with Crippen LogP contribution in [-0.2, 0) is 9.59 Å². The van der Waals surface area contributed by atoms with Crippen molar-refractivity contribution in [3.63, 3.8) is 0 Å². The molecule has 5 nitrogen and oxygen atoms in total. The molecule has 0 atom stereocenters. The number of ether oxygens (including phenoxy) is 1. The number of hydrogen-bond donors (Lipinski definition) is 2. The summed E-state index contributed by atoms with van der Waals surface area (Å²) in [5.74, 6) is 0.377. The Morgan fingerprint density at radius 3 is 2.00 bits per heavy atom. The molecule has 0 unspecified atom stereocenters. The Morgan fingerprint density at radius 1 is 0.826 bits per heavy atom. The maximum absolute atomic E-state index is 11.8. The van der Waals surface area contributed by atoms with Gasteiger partial charge in [-0.05, 0) is 48.1 Å². The lowest BCUT2D eigenvalue weighted by molar-refractivity contribution is -0.123. The van der Waals surface area contributed by atoms with Gasteiger partial charge in [-0.1, -0.05) is 30.3 Å². The zero-order valence-corrected chi connectivity index (χ0v) is 12.7. The van der Waals surface area contributed by atoms with Crippen LogP contribution >= 0.6 is 12.2 Å². The first-order chi connectivity index (χ1) is 11.1. The molecule has 0 radical (unpaired) electrons. The van der Waals surface area contributed by atoms with Crippen molar-refractivity contribution in [2.24, 2.45) is 0 Å². The highest BCUT2D eigenvalue weighted by Gasteiger charge is 2.25. The van der Waals surface area contributed by atoms with Crippen LogP contribution in [0.3, 0.4) is 0 Å². The van der Waals surface area contributed by atoms with Gasteiger partial charge in [0.1, 0.15) is 17.1 Å². The molecule has 3 rings (SSSR count). The third kappa shape index (κ3) is 3.61. The topological polar surface area (TPSA) is 67.4 Å². The Morgan fingerprint density at radius 2 is 1.39 bits per heavy atom. The van der Waals surface area contributed by atoms with Gasteiger partial charge in [0, 0.05) is 0 Å². The molecule has 114 valence electrons. The first-order valence-corrected chi connectivity index (χ1v) is 7.24. The summed E-state index contributed by atoms with van der Waals surface area (Å²) in [5.41, 5.74) is 0.717. The van der Waals surface area contributed by atoms with Gasteiger partial charge in [-0.3, -0.25) is 20.2 Å². The van der Waals surface area contributed by atoms with Gasteiger partial charge in [0.25, 0.3) is 11.8 Å². The number of para-hydroxylation sites is 1. The van der Waals surface area contributed by atoms with E-state index in [1.807, 2.05) is 30.3 Å². The second-order valence-electron chi connectivity index (χ2n) is 4.78. The van der Waals surface area contributed by atoms with Crippen LogP contribution in [0.1, 0.15) is 5.56 Å². The van der Waals surface area contributed by atoms with Crippen molar-refractivity contribution in [2.45, 2.75) is 0 Å². The van der Waals surface area contributed by atoms with Gasteiger partial charge in [0.15, 0.2) is 5.11 Å². The van der Waals surface area contributed by atoms with E-state index in [0.717, 1.165) is 5.75 Å². The maximum atomic E-state index is 11.8. The van der Waals surface area contributed by atoms with Gasteiger partial charge < -0.3 is 4.74 Å². The predicted octanol–water partition coefficient (Wildman–Crippen LogP) is 2.39. The van der Waals surface area contributed by atoms with Crippen LogP contribution in [-0.4, -0.2) is 16.9 Å². The highest BCUT2D eigenvalue weighted by atomic mass is 32.1. The summed E-state index contributed by atoms with van der Waals surface area (Å²) in [7, 11) is 0. The van der Waals surface area contributed by atoms with Crippen molar-refractivity contribution < 1.29 is 14.3 Å². The molecule has 2 amide bonds. The zero-order valence-electron chi connectivity index (χ0n) is 11.9. The molecule has 0 spiro atoms. The largest absolute Gasteiger partial charge is 0.457 e. The first-order valence-electron chi connectivity index (χ1n) is 6.83. The number of nitrogens with one attached hydrogen (secondary N) is 2. The molecule has 1 fully saturated rings. The number of carbonyl (C=O) groups excluding carboxylic acids is 2. The van der Waals surface area contributed by atoms with Crippen molar-refractivity contribution in [3.05, 3.63) is 65.7 Å². The molecular formula is C17H12N2O3S. The number of hydrogen-bond acceptors (Lipinski definition) is 4. The molecule has 23 heavy (non-hydrogen) atoms. The third-order valence-electron chi connectivity index (χ3n) is 3.11. The Bertz CT molecular complexity index is 776. The predicted molar refractivity (Wildman–Crippen MR) is 89.8 cm³/mol. The third-order valence-corrected chi connectivity index (χ3v) is 3.32. The minimum absolute atomic E-state index is 0.00956. The summed E-state index contributed by atoms with van der Waals surface area (Å²) in [5, 5.41) is 4.80. The van der Waals surface area contributed by atoms with E-state index in [4.69, 9.17) is 17.0 Å². The van der Waals surface area contributed by atoms with E-state index >= 15 is 0 Å². The number of benzene rings is 2. The molecule has 0 aromatic heterocycles. The van der Waals surface area contributed by atoms with E-state index in [9.17, 15) is 9.59 Å². The summed E-state index contributed by atoms with van der Waals surface area (Å²) in [4.78, 5) is 23.6. The number of amides is 2. The minimum atomic E-state index is -0.511. The van der Waals surface area contributed by atoms with E-state index in [0.29, 0.717) is 11.3 Å². The Hall–Kier alpha value is -2.99. The summed E-state index contributed by atoms with van der Waals surface area (Å²) in [6.45, 7) is 0. The van der Waals surface area contributed by atoms with Crippen LogP contribution in [0.5, 0.6) is 11.5 Å². The lowest BCUT2D eigenvalue weighted by Crippen LogP contribution is -2.51. The molecule has 0 saturated carbocycles. The summed E-state index contributed by atoms with van der Waals surface area (Å²) in [6, 6.07) is 16.5. The van der Waals surface area contributed by atoms with Gasteiger partial charge in [-0.15, -0.1) is 0 Å². The molecule has 0 bridgehead atoms. The zero-order chi connectivity index (χ0) is 16.2. The smallest absolute Gasteiger partial charge is 0.263 e. The molecule has 1 aliphatic rings. The monoisotopic (exact) mass is 324 g/mol. The fraction of sp³-hybridized carbons (Fsp3) is 0. The van der Waals surface area contributed by atoms with Gasteiger partial charge in [0.2, 0.25) is 0 Å². The van der Waals surface area contributed by atoms with Crippen molar-refractivity contribution in [3.8, 4) is 11.5 Å². The molecule has 0 aliphatic carbocycles. The van der Waals surface area contributed by atoms with Crippen LogP contribution < -0.4 is 15.4 Å². The average Bonchev–Trinajstić information content (AvgIpc) is 2.53. The molecule has 1 heterocycles. The minimum Gasteiger partial charge on any atom is -0.457 e. The SMILES string of the molecule is O=C1NC(=S)NC(=O)C1=Cc1ccc(Oc2ccccc2)cc1. The van der Waals surface area contributed by atoms with Crippen LogP contribution in [0, 0.1) is 0 Å². The Labute approximate surface area is 138 Å². The second kappa shape index (κ2) is 6.41. The normalized spacial score (nSPS) is 14.1. The van der Waals surface area contributed by atoms with E-state index in [1.54, 1.807) is 24.3 Å². The molecule has 2 aromatic carbocycles. The van der Waals surface area contributed by atoms with E-state index in [-0.39, 0.29) is 10.7 Å². The Balaban J connectivity index is 1.77. The molecule has 1 saturated heterocycles. The van der Waals surface area contributed by atoms with Crippen molar-refractivity contribution in [1.29, 1.82) is 0 Å². The van der Waals surface area contributed by atoms with Crippen LogP contribution in [0.4, 0.5) is 0 Å². The van der Waals surface area contributed by atoms with E-state index < -0.39 is 11.8 Å². The molecule has 6 heteroatoms. The van der Waals surface area contributed by atoms with Gasteiger partial charge in [0.05, 0.1) is 0 Å². The van der Waals surface area contributed by atoms with E-state index in [2.05, 4.69) is 10.6 Å². The van der Waals surface area contributed by atoms with Crippen molar-refractivity contribution >= 4 is 35.2 Å². The fourth-order valence-electron chi connectivity index (χ4n) is 2.03. The molecule has 2 aromatic rings. The van der Waals surface area contributed by atoms with Gasteiger partial charge in [-0.25, -0.2) is 0 Å². The highest BCUT2D eigenvalue weighted by Crippen LogP contribution is 2.22. The van der Waals surface area contributed by atoms with Crippen LogP contribution in [0.2, 0.25) is 0 Å². The lowest BCUT2D eigenvalue weighted by Gasteiger charge is -2.16. The highest BCUT2D eigenvalue weighted by molar-refractivity contribution is 7.80. The molecule has 1 aliphatic heterocycles. The number of carbonyl (C=O) groups is 2. The van der Waals surface area contributed by atoms with Crippen molar-refractivity contribution in [1.82, 2.24) is 10.6 Å². The Kier molecular flexibility index (Phi) is 4.16. The van der Waals surface area contributed by atoms with E-state index in [1.165, 1.54) is 6.08 Å². The molecule has 2 N–H and O–H groups in total. The molecular weight excluding hydrogens is 312 g/mol. The average molecular weight is 324 g/mol.